The third-order valence-electron chi connectivity index (χ3n) is 2.73. The molecule has 2 aromatic carbocycles. The van der Waals surface area contributed by atoms with Crippen molar-refractivity contribution in [3.8, 4) is 11.5 Å². The molecule has 0 unspecified atom stereocenters. The fraction of sp³-hybridized carbons (Fsp3) is 0.200. The number of aryl methyl sites for hydroxylation is 1. The van der Waals surface area contributed by atoms with Gasteiger partial charge in [0.1, 0.15) is 0 Å². The van der Waals surface area contributed by atoms with E-state index in [1.807, 2.05) is 49.4 Å². The molecular formula is C15H17NO2. The third-order valence-corrected chi connectivity index (χ3v) is 2.73. The van der Waals surface area contributed by atoms with E-state index in [1.165, 1.54) is 0 Å². The van der Waals surface area contributed by atoms with Gasteiger partial charge in [-0.15, -0.1) is 0 Å². The summed E-state index contributed by atoms with van der Waals surface area (Å²) in [6.45, 7) is 2.00. The van der Waals surface area contributed by atoms with Gasteiger partial charge < -0.3 is 14.8 Å². The molecule has 0 saturated carbocycles. The first kappa shape index (κ1) is 12.3. The summed E-state index contributed by atoms with van der Waals surface area (Å²) >= 11 is 0. The van der Waals surface area contributed by atoms with Gasteiger partial charge in [-0.2, -0.15) is 0 Å². The molecule has 0 fully saturated rings. The molecule has 0 aliphatic carbocycles. The molecule has 1 N–H and O–H groups in total. The summed E-state index contributed by atoms with van der Waals surface area (Å²) < 4.78 is 10.6. The van der Waals surface area contributed by atoms with E-state index < -0.39 is 0 Å². The Balaban J connectivity index is 2.32. The predicted molar refractivity (Wildman–Crippen MR) is 74.0 cm³/mol. The zero-order chi connectivity index (χ0) is 13.0. The fourth-order valence-corrected chi connectivity index (χ4v) is 1.92. The number of nitrogens with one attached hydrogen (secondary N) is 1. The van der Waals surface area contributed by atoms with Crippen molar-refractivity contribution >= 4 is 11.4 Å². The maximum absolute atomic E-state index is 5.33. The van der Waals surface area contributed by atoms with Crippen molar-refractivity contribution in [2.45, 2.75) is 6.92 Å². The number of ether oxygens (including phenoxy) is 2. The van der Waals surface area contributed by atoms with Crippen molar-refractivity contribution in [3.63, 3.8) is 0 Å². The average molecular weight is 243 g/mol. The van der Waals surface area contributed by atoms with Crippen LogP contribution in [0.2, 0.25) is 0 Å². The smallest absolute Gasteiger partial charge is 0.163 e. The SMILES string of the molecule is COc1cc(Nc2ccccc2)cc(C)c1OC. The zero-order valence-corrected chi connectivity index (χ0v) is 10.9. The molecule has 0 atom stereocenters. The standard InChI is InChI=1S/C15H17NO2/c1-11-9-13(10-14(17-2)15(11)18-3)16-12-7-5-4-6-8-12/h4-10,16H,1-3H3. The molecule has 0 aliphatic heterocycles. The minimum Gasteiger partial charge on any atom is -0.493 e. The van der Waals surface area contributed by atoms with Crippen LogP contribution >= 0.6 is 0 Å². The van der Waals surface area contributed by atoms with Gasteiger partial charge in [0.2, 0.25) is 0 Å². The molecule has 0 radical (unpaired) electrons. The Morgan fingerprint density at radius 3 is 2.22 bits per heavy atom. The molecule has 2 aromatic rings. The number of benzene rings is 2. The van der Waals surface area contributed by atoms with Crippen molar-refractivity contribution in [1.29, 1.82) is 0 Å². The number of anilines is 2. The average Bonchev–Trinajstić information content (AvgIpc) is 2.39. The van der Waals surface area contributed by atoms with Crippen LogP contribution in [0.15, 0.2) is 42.5 Å². The van der Waals surface area contributed by atoms with E-state index in [9.17, 15) is 0 Å². The Kier molecular flexibility index (Phi) is 3.72. The van der Waals surface area contributed by atoms with Crippen molar-refractivity contribution in [3.05, 3.63) is 48.0 Å². The maximum Gasteiger partial charge on any atom is 0.163 e. The maximum atomic E-state index is 5.33. The molecule has 2 rings (SSSR count). The summed E-state index contributed by atoms with van der Waals surface area (Å²) in [6.07, 6.45) is 0. The van der Waals surface area contributed by atoms with Crippen molar-refractivity contribution in [2.75, 3.05) is 19.5 Å². The van der Waals surface area contributed by atoms with E-state index in [0.29, 0.717) is 0 Å². The summed E-state index contributed by atoms with van der Waals surface area (Å²) in [5.41, 5.74) is 3.07. The lowest BCUT2D eigenvalue weighted by atomic mass is 10.1. The fourth-order valence-electron chi connectivity index (χ4n) is 1.92. The van der Waals surface area contributed by atoms with Gasteiger partial charge in [-0.25, -0.2) is 0 Å². The van der Waals surface area contributed by atoms with E-state index in [1.54, 1.807) is 14.2 Å². The van der Waals surface area contributed by atoms with Gasteiger partial charge in [0.05, 0.1) is 14.2 Å². The van der Waals surface area contributed by atoms with E-state index >= 15 is 0 Å². The molecule has 3 heteroatoms. The van der Waals surface area contributed by atoms with Gasteiger partial charge in [-0.05, 0) is 30.7 Å². The normalized spacial score (nSPS) is 9.94. The highest BCUT2D eigenvalue weighted by Gasteiger charge is 2.09. The molecule has 3 nitrogen and oxygen atoms in total. The molecule has 18 heavy (non-hydrogen) atoms. The quantitative estimate of drug-likeness (QED) is 0.887. The van der Waals surface area contributed by atoms with Crippen LogP contribution in [0.1, 0.15) is 5.56 Å². The molecular weight excluding hydrogens is 226 g/mol. The first-order valence-corrected chi connectivity index (χ1v) is 5.79. The molecule has 0 amide bonds. The third kappa shape index (κ3) is 2.56. The molecule has 0 aliphatic rings. The first-order chi connectivity index (χ1) is 8.74. The topological polar surface area (TPSA) is 30.5 Å². The minimum atomic E-state index is 0.732. The van der Waals surface area contributed by atoms with Crippen molar-refractivity contribution in [2.24, 2.45) is 0 Å². The molecule has 0 heterocycles. The molecule has 94 valence electrons. The van der Waals surface area contributed by atoms with Crippen LogP contribution in [-0.2, 0) is 0 Å². The highest BCUT2D eigenvalue weighted by molar-refractivity contribution is 5.65. The summed E-state index contributed by atoms with van der Waals surface area (Å²) in [4.78, 5) is 0. The number of para-hydroxylation sites is 1. The summed E-state index contributed by atoms with van der Waals surface area (Å²) in [5, 5.41) is 3.34. The summed E-state index contributed by atoms with van der Waals surface area (Å²) in [7, 11) is 3.29. The lowest BCUT2D eigenvalue weighted by molar-refractivity contribution is 0.353. The largest absolute Gasteiger partial charge is 0.493 e. The number of hydrogen-bond acceptors (Lipinski definition) is 3. The monoisotopic (exact) mass is 243 g/mol. The number of rotatable bonds is 4. The van der Waals surface area contributed by atoms with Crippen molar-refractivity contribution < 1.29 is 9.47 Å². The first-order valence-electron chi connectivity index (χ1n) is 5.79. The predicted octanol–water partition coefficient (Wildman–Crippen LogP) is 3.76. The van der Waals surface area contributed by atoms with Crippen LogP contribution in [0.5, 0.6) is 11.5 Å². The lowest BCUT2D eigenvalue weighted by Crippen LogP contribution is -1.96. The van der Waals surface area contributed by atoms with Gasteiger partial charge in [-0.3, -0.25) is 0 Å². The Hall–Kier alpha value is -2.16. The molecule has 0 spiro atoms. The second kappa shape index (κ2) is 5.45. The second-order valence-electron chi connectivity index (χ2n) is 4.02. The van der Waals surface area contributed by atoms with Crippen LogP contribution < -0.4 is 14.8 Å². The van der Waals surface area contributed by atoms with E-state index in [-0.39, 0.29) is 0 Å². The Morgan fingerprint density at radius 1 is 0.889 bits per heavy atom. The van der Waals surface area contributed by atoms with E-state index in [4.69, 9.17) is 9.47 Å². The van der Waals surface area contributed by atoms with Crippen LogP contribution in [0, 0.1) is 6.92 Å². The van der Waals surface area contributed by atoms with Crippen LogP contribution in [0.25, 0.3) is 0 Å². The Labute approximate surface area is 107 Å². The Bertz CT molecular complexity index is 524. The van der Waals surface area contributed by atoms with Crippen LogP contribution in [-0.4, -0.2) is 14.2 Å². The van der Waals surface area contributed by atoms with E-state index in [0.717, 1.165) is 28.4 Å². The van der Waals surface area contributed by atoms with Crippen LogP contribution in [0.3, 0.4) is 0 Å². The van der Waals surface area contributed by atoms with Gasteiger partial charge >= 0.3 is 0 Å². The molecule has 0 bridgehead atoms. The number of hydrogen-bond donors (Lipinski definition) is 1. The molecule has 0 saturated heterocycles. The number of methoxy groups -OCH3 is 2. The van der Waals surface area contributed by atoms with Crippen molar-refractivity contribution in [1.82, 2.24) is 0 Å². The summed E-state index contributed by atoms with van der Waals surface area (Å²) in [5.74, 6) is 1.51. The zero-order valence-electron chi connectivity index (χ0n) is 10.9. The minimum absolute atomic E-state index is 0.732. The molecule has 0 aromatic heterocycles. The van der Waals surface area contributed by atoms with Gasteiger partial charge in [-0.1, -0.05) is 18.2 Å². The summed E-state index contributed by atoms with van der Waals surface area (Å²) in [6, 6.07) is 14.0. The highest BCUT2D eigenvalue weighted by Crippen LogP contribution is 2.34. The van der Waals surface area contributed by atoms with Gasteiger partial charge in [0.15, 0.2) is 11.5 Å². The van der Waals surface area contributed by atoms with Gasteiger partial charge in [0, 0.05) is 17.4 Å². The highest BCUT2D eigenvalue weighted by atomic mass is 16.5. The van der Waals surface area contributed by atoms with Crippen LogP contribution in [0.4, 0.5) is 11.4 Å². The van der Waals surface area contributed by atoms with E-state index in [2.05, 4.69) is 5.32 Å². The Morgan fingerprint density at radius 2 is 1.61 bits per heavy atom. The lowest BCUT2D eigenvalue weighted by Gasteiger charge is -2.14. The van der Waals surface area contributed by atoms with Gasteiger partial charge in [0.25, 0.3) is 0 Å². The second-order valence-corrected chi connectivity index (χ2v) is 4.02.